The van der Waals surface area contributed by atoms with E-state index in [0.717, 1.165) is 12.1 Å². The second-order valence-corrected chi connectivity index (χ2v) is 8.99. The fraction of sp³-hybridized carbons (Fsp3) is 0.389. The SMILES string of the molecule is CCn1cnnc1SCC(=O)N1CCN(S(=O)(=O)/C=C/c2ccccc2)CC1. The zero-order valence-electron chi connectivity index (χ0n) is 15.6. The van der Waals surface area contributed by atoms with Crippen molar-refractivity contribution in [1.29, 1.82) is 0 Å². The summed E-state index contributed by atoms with van der Waals surface area (Å²) in [6.07, 6.45) is 3.23. The molecule has 2 aromatic rings. The Bertz CT molecular complexity index is 920. The Labute approximate surface area is 169 Å². The minimum Gasteiger partial charge on any atom is -0.339 e. The molecule has 1 aliphatic heterocycles. The summed E-state index contributed by atoms with van der Waals surface area (Å²) in [6, 6.07) is 9.29. The number of piperazine rings is 1. The minimum atomic E-state index is -3.50. The third kappa shape index (κ3) is 5.21. The smallest absolute Gasteiger partial charge is 0.236 e. The molecule has 1 fully saturated rings. The zero-order chi connectivity index (χ0) is 20.0. The van der Waals surface area contributed by atoms with Gasteiger partial charge in [0, 0.05) is 38.1 Å². The summed E-state index contributed by atoms with van der Waals surface area (Å²) in [5.74, 6) is 0.242. The van der Waals surface area contributed by atoms with Crippen molar-refractivity contribution in [3.8, 4) is 0 Å². The molecule has 0 spiro atoms. The molecule has 0 radical (unpaired) electrons. The van der Waals surface area contributed by atoms with Gasteiger partial charge in [-0.05, 0) is 18.6 Å². The lowest BCUT2D eigenvalue weighted by atomic mass is 10.2. The first kappa shape index (κ1) is 20.6. The second kappa shape index (κ2) is 9.35. The molecular weight excluding hydrogens is 398 g/mol. The van der Waals surface area contributed by atoms with Gasteiger partial charge in [0.1, 0.15) is 6.33 Å². The van der Waals surface area contributed by atoms with E-state index in [1.165, 1.54) is 21.5 Å². The normalized spacial score (nSPS) is 16.0. The number of carbonyl (C=O) groups is 1. The quantitative estimate of drug-likeness (QED) is 0.630. The Hall–Kier alpha value is -2.17. The Balaban J connectivity index is 1.50. The van der Waals surface area contributed by atoms with Crippen LogP contribution in [0.4, 0.5) is 0 Å². The fourth-order valence-electron chi connectivity index (χ4n) is 2.80. The van der Waals surface area contributed by atoms with Crippen LogP contribution in [-0.2, 0) is 21.4 Å². The zero-order valence-corrected chi connectivity index (χ0v) is 17.3. The molecule has 1 amide bonds. The van der Waals surface area contributed by atoms with Crippen LogP contribution in [0.25, 0.3) is 6.08 Å². The highest BCUT2D eigenvalue weighted by atomic mass is 32.2. The summed E-state index contributed by atoms with van der Waals surface area (Å²) in [6.45, 7) is 4.10. The summed E-state index contributed by atoms with van der Waals surface area (Å²) in [7, 11) is -3.50. The van der Waals surface area contributed by atoms with E-state index >= 15 is 0 Å². The monoisotopic (exact) mass is 421 g/mol. The van der Waals surface area contributed by atoms with Crippen LogP contribution in [0.3, 0.4) is 0 Å². The first-order chi connectivity index (χ1) is 13.5. The first-order valence-corrected chi connectivity index (χ1v) is 11.5. The molecule has 0 N–H and O–H groups in total. The Morgan fingerprint density at radius 3 is 2.57 bits per heavy atom. The third-order valence-electron chi connectivity index (χ3n) is 4.43. The molecule has 0 saturated carbocycles. The van der Waals surface area contributed by atoms with Gasteiger partial charge in [0.2, 0.25) is 15.9 Å². The Morgan fingerprint density at radius 1 is 1.18 bits per heavy atom. The Kier molecular flexibility index (Phi) is 6.87. The van der Waals surface area contributed by atoms with Crippen molar-refractivity contribution >= 4 is 33.8 Å². The van der Waals surface area contributed by atoms with Gasteiger partial charge in [0.15, 0.2) is 5.16 Å². The Morgan fingerprint density at radius 2 is 1.89 bits per heavy atom. The predicted molar refractivity (Wildman–Crippen MR) is 109 cm³/mol. The molecule has 1 aromatic heterocycles. The highest BCUT2D eigenvalue weighted by molar-refractivity contribution is 7.99. The number of aryl methyl sites for hydroxylation is 1. The minimum absolute atomic E-state index is 0.0208. The van der Waals surface area contributed by atoms with Gasteiger partial charge in [-0.3, -0.25) is 4.79 Å². The molecule has 3 rings (SSSR count). The van der Waals surface area contributed by atoms with Crippen molar-refractivity contribution < 1.29 is 13.2 Å². The van der Waals surface area contributed by atoms with Crippen LogP contribution in [-0.4, -0.2) is 70.2 Å². The molecule has 8 nitrogen and oxygen atoms in total. The number of hydrogen-bond acceptors (Lipinski definition) is 6. The number of nitrogens with zero attached hydrogens (tertiary/aromatic N) is 5. The molecule has 1 saturated heterocycles. The number of sulfonamides is 1. The summed E-state index contributed by atoms with van der Waals surface area (Å²) >= 11 is 1.35. The van der Waals surface area contributed by atoms with Gasteiger partial charge in [0.25, 0.3) is 0 Å². The van der Waals surface area contributed by atoms with Gasteiger partial charge in [0.05, 0.1) is 5.75 Å². The number of aromatic nitrogens is 3. The molecule has 10 heteroatoms. The van der Waals surface area contributed by atoms with E-state index in [9.17, 15) is 13.2 Å². The molecule has 0 atom stereocenters. The van der Waals surface area contributed by atoms with Crippen LogP contribution < -0.4 is 0 Å². The summed E-state index contributed by atoms with van der Waals surface area (Å²) in [5, 5.41) is 9.79. The van der Waals surface area contributed by atoms with Crippen molar-refractivity contribution in [2.24, 2.45) is 0 Å². The van der Waals surface area contributed by atoms with Crippen LogP contribution in [0.5, 0.6) is 0 Å². The maximum atomic E-state index is 12.5. The topological polar surface area (TPSA) is 88.4 Å². The largest absolute Gasteiger partial charge is 0.339 e. The second-order valence-electron chi connectivity index (χ2n) is 6.23. The van der Waals surface area contributed by atoms with E-state index in [1.54, 1.807) is 17.3 Å². The number of hydrogen-bond donors (Lipinski definition) is 0. The van der Waals surface area contributed by atoms with Crippen molar-refractivity contribution in [3.63, 3.8) is 0 Å². The summed E-state index contributed by atoms with van der Waals surface area (Å²) in [4.78, 5) is 14.1. The van der Waals surface area contributed by atoms with Crippen LogP contribution in [0.15, 0.2) is 47.2 Å². The van der Waals surface area contributed by atoms with E-state index < -0.39 is 10.0 Å². The number of benzene rings is 1. The summed E-state index contributed by atoms with van der Waals surface area (Å²) in [5.41, 5.74) is 0.830. The first-order valence-electron chi connectivity index (χ1n) is 9.01. The van der Waals surface area contributed by atoms with Gasteiger partial charge in [-0.15, -0.1) is 10.2 Å². The lowest BCUT2D eigenvalue weighted by Gasteiger charge is -2.33. The maximum absolute atomic E-state index is 12.5. The van der Waals surface area contributed by atoms with E-state index in [4.69, 9.17) is 0 Å². The number of amides is 1. The van der Waals surface area contributed by atoms with Crippen molar-refractivity contribution in [2.45, 2.75) is 18.6 Å². The molecule has 0 bridgehead atoms. The number of carbonyl (C=O) groups excluding carboxylic acids is 1. The lowest BCUT2D eigenvalue weighted by Crippen LogP contribution is -2.50. The molecule has 150 valence electrons. The van der Waals surface area contributed by atoms with E-state index in [1.807, 2.05) is 41.8 Å². The van der Waals surface area contributed by atoms with Gasteiger partial charge < -0.3 is 9.47 Å². The maximum Gasteiger partial charge on any atom is 0.236 e. The van der Waals surface area contributed by atoms with Crippen LogP contribution in [0, 0.1) is 0 Å². The molecule has 2 heterocycles. The van der Waals surface area contributed by atoms with Gasteiger partial charge in [-0.25, -0.2) is 8.42 Å². The number of rotatable bonds is 7. The van der Waals surface area contributed by atoms with Crippen LogP contribution >= 0.6 is 11.8 Å². The molecule has 28 heavy (non-hydrogen) atoms. The van der Waals surface area contributed by atoms with Crippen LogP contribution in [0.1, 0.15) is 12.5 Å². The van der Waals surface area contributed by atoms with E-state index in [2.05, 4.69) is 10.2 Å². The molecule has 1 aromatic carbocycles. The average molecular weight is 422 g/mol. The third-order valence-corrected chi connectivity index (χ3v) is 6.96. The molecular formula is C18H23N5O3S2. The highest BCUT2D eigenvalue weighted by Crippen LogP contribution is 2.17. The van der Waals surface area contributed by atoms with Crippen LogP contribution in [0.2, 0.25) is 0 Å². The standard InChI is InChI=1S/C18H23N5O3S2/c1-2-21-15-19-20-18(21)27-14-17(24)22-9-11-23(12-10-22)28(25,26)13-8-16-6-4-3-5-7-16/h3-8,13,15H,2,9-12,14H2,1H3/b13-8+. The van der Waals surface area contributed by atoms with E-state index in [-0.39, 0.29) is 11.7 Å². The lowest BCUT2D eigenvalue weighted by molar-refractivity contribution is -0.129. The predicted octanol–water partition coefficient (Wildman–Crippen LogP) is 1.53. The van der Waals surface area contributed by atoms with Crippen molar-refractivity contribution in [2.75, 3.05) is 31.9 Å². The number of thioether (sulfide) groups is 1. The fourth-order valence-corrected chi connectivity index (χ4v) is 4.85. The molecule has 0 aliphatic carbocycles. The van der Waals surface area contributed by atoms with Crippen molar-refractivity contribution in [3.05, 3.63) is 47.6 Å². The van der Waals surface area contributed by atoms with Gasteiger partial charge in [-0.2, -0.15) is 4.31 Å². The highest BCUT2D eigenvalue weighted by Gasteiger charge is 2.27. The van der Waals surface area contributed by atoms with E-state index in [0.29, 0.717) is 31.3 Å². The molecule has 0 unspecified atom stereocenters. The molecule has 1 aliphatic rings. The average Bonchev–Trinajstić information content (AvgIpc) is 3.19. The van der Waals surface area contributed by atoms with Crippen molar-refractivity contribution in [1.82, 2.24) is 24.0 Å². The van der Waals surface area contributed by atoms with Gasteiger partial charge >= 0.3 is 0 Å². The van der Waals surface area contributed by atoms with Gasteiger partial charge in [-0.1, -0.05) is 42.1 Å². The summed E-state index contributed by atoms with van der Waals surface area (Å²) < 4.78 is 28.3.